The molecule has 1 heterocycles. The van der Waals surface area contributed by atoms with Gasteiger partial charge in [0.1, 0.15) is 0 Å². The van der Waals surface area contributed by atoms with Gasteiger partial charge in [-0.25, -0.2) is 0 Å². The van der Waals surface area contributed by atoms with Gasteiger partial charge in [-0.3, -0.25) is 4.79 Å². The van der Waals surface area contributed by atoms with Crippen molar-refractivity contribution in [3.05, 3.63) is 30.5 Å². The van der Waals surface area contributed by atoms with Gasteiger partial charge >= 0.3 is 0 Å². The largest absolute Gasteiger partial charge is 0.359 e. The molecule has 1 amide bonds. The van der Waals surface area contributed by atoms with Crippen LogP contribution in [0.5, 0.6) is 0 Å². The van der Waals surface area contributed by atoms with Crippen LogP contribution in [-0.4, -0.2) is 23.5 Å². The number of benzene rings is 1. The number of amides is 1. The van der Waals surface area contributed by atoms with Crippen LogP contribution >= 0.6 is 0 Å². The molecule has 0 aliphatic carbocycles. The summed E-state index contributed by atoms with van der Waals surface area (Å²) in [6, 6.07) is 7.87. The Morgan fingerprint density at radius 1 is 1.29 bits per heavy atom. The Hall–Kier alpha value is -1.81. The Kier molecular flexibility index (Phi) is 2.90. The highest BCUT2D eigenvalue weighted by Crippen LogP contribution is 2.23. The Morgan fingerprint density at radius 2 is 2.00 bits per heavy atom. The van der Waals surface area contributed by atoms with E-state index in [4.69, 9.17) is 0 Å². The predicted molar refractivity (Wildman–Crippen MR) is 70.1 cm³/mol. The summed E-state index contributed by atoms with van der Waals surface area (Å²) in [5, 5.41) is 6.92. The van der Waals surface area contributed by atoms with Crippen LogP contribution in [0.4, 0.5) is 5.69 Å². The molecule has 0 aliphatic heterocycles. The molecule has 4 nitrogen and oxygen atoms in total. The van der Waals surface area contributed by atoms with Crippen molar-refractivity contribution in [1.29, 1.82) is 0 Å². The topological polar surface area (TPSA) is 56.9 Å². The minimum atomic E-state index is -0.585. The minimum absolute atomic E-state index is 0.0512. The average Bonchev–Trinajstić information content (AvgIpc) is 2.73. The molecular weight excluding hydrogens is 214 g/mol. The lowest BCUT2D eigenvalue weighted by Gasteiger charge is -2.22. The molecule has 17 heavy (non-hydrogen) atoms. The molecule has 0 fully saturated rings. The summed E-state index contributed by atoms with van der Waals surface area (Å²) in [7, 11) is 1.77. The lowest BCUT2D eigenvalue weighted by Crippen LogP contribution is -2.47. The van der Waals surface area contributed by atoms with Gasteiger partial charge in [0.15, 0.2) is 0 Å². The summed E-state index contributed by atoms with van der Waals surface area (Å²) in [4.78, 5) is 15.1. The summed E-state index contributed by atoms with van der Waals surface area (Å²) in [6.07, 6.45) is 1.81. The van der Waals surface area contributed by atoms with Gasteiger partial charge in [-0.2, -0.15) is 0 Å². The van der Waals surface area contributed by atoms with Crippen molar-refractivity contribution in [2.24, 2.45) is 0 Å². The standard InChI is InChI=1S/C13H17N3O/c1-13(2,14-3)12(17)16-11-8-15-10-7-5-4-6-9(10)11/h4-8,14-15H,1-3H3,(H,16,17). The van der Waals surface area contributed by atoms with Gasteiger partial charge in [-0.15, -0.1) is 0 Å². The molecule has 0 spiro atoms. The van der Waals surface area contributed by atoms with Gasteiger partial charge < -0.3 is 15.6 Å². The predicted octanol–water partition coefficient (Wildman–Crippen LogP) is 2.10. The molecule has 0 atom stereocenters. The fourth-order valence-corrected chi connectivity index (χ4v) is 1.57. The molecule has 3 N–H and O–H groups in total. The van der Waals surface area contributed by atoms with Crippen LogP contribution in [0.2, 0.25) is 0 Å². The van der Waals surface area contributed by atoms with Crippen molar-refractivity contribution in [2.45, 2.75) is 19.4 Å². The fourth-order valence-electron chi connectivity index (χ4n) is 1.57. The molecule has 1 aromatic heterocycles. The first-order valence-electron chi connectivity index (χ1n) is 5.61. The first-order chi connectivity index (χ1) is 8.04. The van der Waals surface area contributed by atoms with Crippen LogP contribution < -0.4 is 10.6 Å². The van der Waals surface area contributed by atoms with Crippen molar-refractivity contribution in [2.75, 3.05) is 12.4 Å². The second-order valence-corrected chi connectivity index (χ2v) is 4.58. The number of hydrogen-bond acceptors (Lipinski definition) is 2. The first-order valence-corrected chi connectivity index (χ1v) is 5.61. The van der Waals surface area contributed by atoms with E-state index in [2.05, 4.69) is 15.6 Å². The van der Waals surface area contributed by atoms with Crippen molar-refractivity contribution in [3.8, 4) is 0 Å². The Bertz CT molecular complexity index is 542. The van der Waals surface area contributed by atoms with Crippen molar-refractivity contribution in [3.63, 3.8) is 0 Å². The number of aromatic amines is 1. The normalized spacial score (nSPS) is 11.7. The number of para-hydroxylation sites is 1. The maximum Gasteiger partial charge on any atom is 0.244 e. The maximum absolute atomic E-state index is 12.0. The van der Waals surface area contributed by atoms with E-state index in [0.29, 0.717) is 0 Å². The van der Waals surface area contributed by atoms with E-state index in [1.54, 1.807) is 7.05 Å². The highest BCUT2D eigenvalue weighted by Gasteiger charge is 2.25. The third-order valence-electron chi connectivity index (χ3n) is 3.03. The van der Waals surface area contributed by atoms with E-state index in [1.807, 2.05) is 44.3 Å². The molecule has 0 saturated heterocycles. The number of nitrogens with one attached hydrogen (secondary N) is 3. The quantitative estimate of drug-likeness (QED) is 0.757. The van der Waals surface area contributed by atoms with Gasteiger partial charge in [-0.1, -0.05) is 18.2 Å². The summed E-state index contributed by atoms with van der Waals surface area (Å²) in [6.45, 7) is 3.69. The van der Waals surface area contributed by atoms with Crippen LogP contribution in [0.15, 0.2) is 30.5 Å². The van der Waals surface area contributed by atoms with Gasteiger partial charge in [0.2, 0.25) is 5.91 Å². The second kappa shape index (κ2) is 4.22. The summed E-state index contributed by atoms with van der Waals surface area (Å²) >= 11 is 0. The van der Waals surface area contributed by atoms with Crippen molar-refractivity contribution < 1.29 is 4.79 Å². The van der Waals surface area contributed by atoms with Gasteiger partial charge in [0.25, 0.3) is 0 Å². The number of anilines is 1. The van der Waals surface area contributed by atoms with E-state index in [9.17, 15) is 4.79 Å². The van der Waals surface area contributed by atoms with E-state index in [1.165, 1.54) is 0 Å². The Morgan fingerprint density at radius 3 is 2.71 bits per heavy atom. The molecule has 90 valence electrons. The SMILES string of the molecule is CNC(C)(C)C(=O)Nc1c[nH]c2ccccc12. The van der Waals surface area contributed by atoms with E-state index < -0.39 is 5.54 Å². The van der Waals surface area contributed by atoms with E-state index >= 15 is 0 Å². The van der Waals surface area contributed by atoms with Crippen molar-refractivity contribution in [1.82, 2.24) is 10.3 Å². The molecule has 1 aromatic carbocycles. The van der Waals surface area contributed by atoms with E-state index in [0.717, 1.165) is 16.6 Å². The zero-order valence-electron chi connectivity index (χ0n) is 10.3. The fraction of sp³-hybridized carbons (Fsp3) is 0.308. The zero-order valence-corrected chi connectivity index (χ0v) is 10.3. The van der Waals surface area contributed by atoms with Crippen molar-refractivity contribution >= 4 is 22.5 Å². The number of carbonyl (C=O) groups excluding carboxylic acids is 1. The average molecular weight is 231 g/mol. The molecule has 0 unspecified atom stereocenters. The van der Waals surface area contributed by atoms with Gasteiger partial charge in [0, 0.05) is 17.1 Å². The molecule has 0 radical (unpaired) electrons. The summed E-state index contributed by atoms with van der Waals surface area (Å²) in [5.74, 6) is -0.0512. The number of fused-ring (bicyclic) bond motifs is 1. The molecule has 0 aliphatic rings. The Balaban J connectivity index is 2.28. The molecular formula is C13H17N3O. The highest BCUT2D eigenvalue weighted by molar-refractivity contribution is 6.04. The molecule has 0 bridgehead atoms. The van der Waals surface area contributed by atoms with Crippen LogP contribution in [0, 0.1) is 0 Å². The summed E-state index contributed by atoms with van der Waals surface area (Å²) < 4.78 is 0. The molecule has 4 heteroatoms. The first kappa shape index (κ1) is 11.7. The van der Waals surface area contributed by atoms with Crippen LogP contribution in [0.3, 0.4) is 0 Å². The third kappa shape index (κ3) is 2.17. The molecule has 2 rings (SSSR count). The number of hydrogen-bond donors (Lipinski definition) is 3. The van der Waals surface area contributed by atoms with Crippen LogP contribution in [0.1, 0.15) is 13.8 Å². The van der Waals surface area contributed by atoms with Gasteiger partial charge in [-0.05, 0) is 27.0 Å². The smallest absolute Gasteiger partial charge is 0.244 e. The third-order valence-corrected chi connectivity index (χ3v) is 3.03. The monoisotopic (exact) mass is 231 g/mol. The summed E-state index contributed by atoms with van der Waals surface area (Å²) in [5.41, 5.74) is 1.25. The lowest BCUT2D eigenvalue weighted by atomic mass is 10.1. The number of likely N-dealkylation sites (N-methyl/N-ethyl adjacent to an activating group) is 1. The van der Waals surface area contributed by atoms with Gasteiger partial charge in [0.05, 0.1) is 11.2 Å². The Labute approximate surface area is 100 Å². The zero-order chi connectivity index (χ0) is 12.5. The second-order valence-electron chi connectivity index (χ2n) is 4.58. The van der Waals surface area contributed by atoms with E-state index in [-0.39, 0.29) is 5.91 Å². The number of aromatic nitrogens is 1. The number of H-pyrrole nitrogens is 1. The van der Waals surface area contributed by atoms with Crippen LogP contribution in [0.25, 0.3) is 10.9 Å². The molecule has 2 aromatic rings. The minimum Gasteiger partial charge on any atom is -0.359 e. The lowest BCUT2D eigenvalue weighted by molar-refractivity contribution is -0.121. The maximum atomic E-state index is 12.0. The number of rotatable bonds is 3. The number of carbonyl (C=O) groups is 1. The van der Waals surface area contributed by atoms with Crippen LogP contribution in [-0.2, 0) is 4.79 Å². The molecule has 0 saturated carbocycles. The highest BCUT2D eigenvalue weighted by atomic mass is 16.2.